The van der Waals surface area contributed by atoms with Crippen molar-refractivity contribution < 1.29 is 8.91 Å². The molecule has 8 heteroatoms. The molecule has 1 unspecified atom stereocenters. The summed E-state index contributed by atoms with van der Waals surface area (Å²) < 4.78 is 20.1. The average molecular weight is 330 g/mol. The first-order valence-electron chi connectivity index (χ1n) is 7.88. The molecule has 3 rings (SSSR count). The lowest BCUT2D eigenvalue weighted by Crippen LogP contribution is -2.10. The molecular formula is C16H19FN6O. The van der Waals surface area contributed by atoms with Crippen molar-refractivity contribution in [2.75, 3.05) is 0 Å². The minimum absolute atomic E-state index is 0.262. The van der Waals surface area contributed by atoms with Gasteiger partial charge in [-0.1, -0.05) is 36.4 Å². The first-order valence-corrected chi connectivity index (χ1v) is 7.88. The largest absolute Gasteiger partial charge is 0.332 e. The molecule has 0 bridgehead atoms. The van der Waals surface area contributed by atoms with Gasteiger partial charge in [0.2, 0.25) is 0 Å². The minimum atomic E-state index is -0.264. The molecule has 0 aliphatic heterocycles. The van der Waals surface area contributed by atoms with Crippen LogP contribution in [0.4, 0.5) is 4.39 Å². The van der Waals surface area contributed by atoms with Crippen molar-refractivity contribution in [1.29, 1.82) is 0 Å². The van der Waals surface area contributed by atoms with Gasteiger partial charge in [-0.2, -0.15) is 4.98 Å². The lowest BCUT2D eigenvalue weighted by Gasteiger charge is -2.05. The molecule has 126 valence electrons. The number of nitrogens with two attached hydrogens (primary N) is 1. The van der Waals surface area contributed by atoms with Crippen LogP contribution in [0.15, 0.2) is 28.8 Å². The van der Waals surface area contributed by atoms with Crippen molar-refractivity contribution in [3.63, 3.8) is 0 Å². The SMILES string of the molecule is CCc1c(-c2nc(C(N)CC)no2)nnn1Cc1ccc(F)cc1. The highest BCUT2D eigenvalue weighted by atomic mass is 19.1. The number of rotatable bonds is 6. The lowest BCUT2D eigenvalue weighted by atomic mass is 10.2. The standard InChI is InChI=1S/C16H19FN6O/c1-3-12(18)15-19-16(24-21-15)14-13(4-2)23(22-20-14)9-10-5-7-11(17)8-6-10/h5-8,12H,3-4,9,18H2,1-2H3. The Labute approximate surface area is 138 Å². The van der Waals surface area contributed by atoms with Crippen LogP contribution >= 0.6 is 0 Å². The van der Waals surface area contributed by atoms with E-state index in [9.17, 15) is 4.39 Å². The van der Waals surface area contributed by atoms with Gasteiger partial charge in [-0.3, -0.25) is 0 Å². The van der Waals surface area contributed by atoms with Crippen LogP contribution in [0.3, 0.4) is 0 Å². The third-order valence-corrected chi connectivity index (χ3v) is 3.83. The highest BCUT2D eigenvalue weighted by Gasteiger charge is 2.21. The predicted octanol–water partition coefficient (Wildman–Crippen LogP) is 2.49. The Bertz CT molecular complexity index is 810. The highest BCUT2D eigenvalue weighted by Crippen LogP contribution is 2.22. The zero-order valence-corrected chi connectivity index (χ0v) is 13.6. The fourth-order valence-electron chi connectivity index (χ4n) is 2.40. The van der Waals surface area contributed by atoms with Gasteiger partial charge in [0.15, 0.2) is 11.5 Å². The molecule has 0 spiro atoms. The maximum absolute atomic E-state index is 13.0. The number of aromatic nitrogens is 5. The van der Waals surface area contributed by atoms with Gasteiger partial charge in [0.05, 0.1) is 18.3 Å². The molecule has 1 aromatic carbocycles. The Balaban J connectivity index is 1.89. The van der Waals surface area contributed by atoms with E-state index in [1.165, 1.54) is 12.1 Å². The number of nitrogens with zero attached hydrogens (tertiary/aromatic N) is 5. The minimum Gasteiger partial charge on any atom is -0.332 e. The molecule has 0 radical (unpaired) electrons. The summed E-state index contributed by atoms with van der Waals surface area (Å²) >= 11 is 0. The highest BCUT2D eigenvalue weighted by molar-refractivity contribution is 5.49. The number of hydrogen-bond donors (Lipinski definition) is 1. The molecule has 2 aromatic heterocycles. The van der Waals surface area contributed by atoms with E-state index < -0.39 is 0 Å². The lowest BCUT2D eigenvalue weighted by molar-refractivity contribution is 0.413. The van der Waals surface area contributed by atoms with Crippen molar-refractivity contribution in [1.82, 2.24) is 25.1 Å². The first kappa shape index (κ1) is 16.3. The van der Waals surface area contributed by atoms with Gasteiger partial charge in [0.25, 0.3) is 5.89 Å². The van der Waals surface area contributed by atoms with Gasteiger partial charge in [0.1, 0.15) is 5.82 Å². The Hall–Kier alpha value is -2.61. The summed E-state index contributed by atoms with van der Waals surface area (Å²) in [5.74, 6) is 0.512. The third-order valence-electron chi connectivity index (χ3n) is 3.83. The average Bonchev–Trinajstić information content (AvgIpc) is 3.22. The molecule has 0 saturated heterocycles. The van der Waals surface area contributed by atoms with Crippen LogP contribution in [-0.4, -0.2) is 25.1 Å². The van der Waals surface area contributed by atoms with Crippen LogP contribution in [-0.2, 0) is 13.0 Å². The van der Waals surface area contributed by atoms with E-state index in [1.54, 1.807) is 16.8 Å². The van der Waals surface area contributed by atoms with Gasteiger partial charge in [-0.05, 0) is 30.5 Å². The van der Waals surface area contributed by atoms with Crippen molar-refractivity contribution in [2.45, 2.75) is 39.3 Å². The van der Waals surface area contributed by atoms with Crippen LogP contribution in [0, 0.1) is 5.82 Å². The van der Waals surface area contributed by atoms with Gasteiger partial charge < -0.3 is 10.3 Å². The number of halogens is 1. The summed E-state index contributed by atoms with van der Waals surface area (Å²) in [5.41, 5.74) is 8.28. The first-order chi connectivity index (χ1) is 11.6. The summed E-state index contributed by atoms with van der Waals surface area (Å²) in [7, 11) is 0. The van der Waals surface area contributed by atoms with E-state index in [-0.39, 0.29) is 11.9 Å². The molecule has 0 aliphatic carbocycles. The predicted molar refractivity (Wildman–Crippen MR) is 85.4 cm³/mol. The molecule has 24 heavy (non-hydrogen) atoms. The molecule has 0 saturated carbocycles. The van der Waals surface area contributed by atoms with E-state index >= 15 is 0 Å². The van der Waals surface area contributed by atoms with E-state index in [0.717, 1.165) is 17.7 Å². The molecule has 2 heterocycles. The van der Waals surface area contributed by atoms with Gasteiger partial charge >= 0.3 is 0 Å². The van der Waals surface area contributed by atoms with E-state index in [4.69, 9.17) is 10.3 Å². The fourth-order valence-corrected chi connectivity index (χ4v) is 2.40. The van der Waals surface area contributed by atoms with E-state index in [2.05, 4.69) is 20.5 Å². The second-order valence-electron chi connectivity index (χ2n) is 5.49. The molecular weight excluding hydrogens is 311 g/mol. The summed E-state index contributed by atoms with van der Waals surface area (Å²) in [4.78, 5) is 4.32. The van der Waals surface area contributed by atoms with Crippen molar-refractivity contribution >= 4 is 0 Å². The zero-order chi connectivity index (χ0) is 17.1. The molecule has 7 nitrogen and oxygen atoms in total. The molecule has 3 aromatic rings. The van der Waals surface area contributed by atoms with E-state index in [0.29, 0.717) is 30.4 Å². The second-order valence-corrected chi connectivity index (χ2v) is 5.49. The monoisotopic (exact) mass is 330 g/mol. The maximum atomic E-state index is 13.0. The Morgan fingerprint density at radius 3 is 2.67 bits per heavy atom. The van der Waals surface area contributed by atoms with Crippen LogP contribution in [0.25, 0.3) is 11.6 Å². The maximum Gasteiger partial charge on any atom is 0.280 e. The summed E-state index contributed by atoms with van der Waals surface area (Å²) in [5, 5.41) is 12.3. The van der Waals surface area contributed by atoms with Crippen LogP contribution in [0.2, 0.25) is 0 Å². The number of benzene rings is 1. The zero-order valence-electron chi connectivity index (χ0n) is 13.6. The smallest absolute Gasteiger partial charge is 0.280 e. The van der Waals surface area contributed by atoms with Crippen molar-refractivity contribution in [3.05, 3.63) is 47.2 Å². The van der Waals surface area contributed by atoms with Crippen molar-refractivity contribution in [3.8, 4) is 11.6 Å². The van der Waals surface area contributed by atoms with Gasteiger partial charge in [-0.15, -0.1) is 5.10 Å². The van der Waals surface area contributed by atoms with Crippen LogP contribution in [0.5, 0.6) is 0 Å². The van der Waals surface area contributed by atoms with Gasteiger partial charge in [-0.25, -0.2) is 9.07 Å². The molecule has 0 aliphatic rings. The Kier molecular flexibility index (Phi) is 4.66. The van der Waals surface area contributed by atoms with Crippen LogP contribution in [0.1, 0.15) is 43.4 Å². The number of hydrogen-bond acceptors (Lipinski definition) is 6. The summed E-state index contributed by atoms with van der Waals surface area (Å²) in [6, 6.07) is 6.04. The topological polar surface area (TPSA) is 95.7 Å². The fraction of sp³-hybridized carbons (Fsp3) is 0.375. The van der Waals surface area contributed by atoms with Gasteiger partial charge in [0, 0.05) is 0 Å². The molecule has 2 N–H and O–H groups in total. The molecule has 0 fully saturated rings. The molecule has 0 amide bonds. The normalized spacial score (nSPS) is 12.5. The molecule has 1 atom stereocenters. The van der Waals surface area contributed by atoms with Crippen LogP contribution < -0.4 is 5.73 Å². The van der Waals surface area contributed by atoms with Crippen molar-refractivity contribution in [2.24, 2.45) is 5.73 Å². The third kappa shape index (κ3) is 3.18. The Morgan fingerprint density at radius 1 is 1.25 bits per heavy atom. The quantitative estimate of drug-likeness (QED) is 0.746. The second kappa shape index (κ2) is 6.88. The summed E-state index contributed by atoms with van der Waals surface area (Å²) in [6.07, 6.45) is 1.41. The Morgan fingerprint density at radius 2 is 2.00 bits per heavy atom. The summed E-state index contributed by atoms with van der Waals surface area (Å²) in [6.45, 7) is 4.45. The van der Waals surface area contributed by atoms with E-state index in [1.807, 2.05) is 13.8 Å².